The Labute approximate surface area is 182 Å². The number of hydrogen-bond donors (Lipinski definition) is 1. The van der Waals surface area contributed by atoms with Gasteiger partial charge in [-0.15, -0.1) is 10.2 Å². The SMILES string of the molecule is O=S(=O)(Nc1ccc(-c2ccc(N3CCOCC3)nn2)cc1)c1cccc(C(F)(F)F)c1. The van der Waals surface area contributed by atoms with E-state index in [0.29, 0.717) is 30.5 Å². The molecule has 0 radical (unpaired) electrons. The number of benzene rings is 2. The van der Waals surface area contributed by atoms with Crippen LogP contribution in [0.15, 0.2) is 65.6 Å². The second-order valence-electron chi connectivity index (χ2n) is 7.08. The molecule has 0 atom stereocenters. The molecular weight excluding hydrogens is 445 g/mol. The third-order valence-corrected chi connectivity index (χ3v) is 6.27. The Morgan fingerprint density at radius 3 is 2.28 bits per heavy atom. The van der Waals surface area contributed by atoms with Crippen LogP contribution >= 0.6 is 0 Å². The highest BCUT2D eigenvalue weighted by Crippen LogP contribution is 2.31. The second kappa shape index (κ2) is 8.75. The first-order chi connectivity index (χ1) is 15.2. The summed E-state index contributed by atoms with van der Waals surface area (Å²) in [5.74, 6) is 0.752. The van der Waals surface area contributed by atoms with Crippen LogP contribution in [0.2, 0.25) is 0 Å². The summed E-state index contributed by atoms with van der Waals surface area (Å²) in [5.41, 5.74) is 0.501. The predicted molar refractivity (Wildman–Crippen MR) is 113 cm³/mol. The number of ether oxygens (including phenoxy) is 1. The summed E-state index contributed by atoms with van der Waals surface area (Å²) in [6, 6.07) is 13.6. The van der Waals surface area contributed by atoms with Gasteiger partial charge in [0.25, 0.3) is 10.0 Å². The van der Waals surface area contributed by atoms with Crippen molar-refractivity contribution in [3.63, 3.8) is 0 Å². The van der Waals surface area contributed by atoms with E-state index in [9.17, 15) is 21.6 Å². The van der Waals surface area contributed by atoms with Crippen LogP contribution in [-0.4, -0.2) is 44.9 Å². The number of hydrogen-bond acceptors (Lipinski definition) is 6. The van der Waals surface area contributed by atoms with E-state index in [1.807, 2.05) is 12.1 Å². The number of nitrogens with zero attached hydrogens (tertiary/aromatic N) is 3. The summed E-state index contributed by atoms with van der Waals surface area (Å²) in [6.07, 6.45) is -4.63. The zero-order valence-corrected chi connectivity index (χ0v) is 17.5. The van der Waals surface area contributed by atoms with Crippen molar-refractivity contribution in [2.45, 2.75) is 11.1 Å². The van der Waals surface area contributed by atoms with Gasteiger partial charge in [0.05, 0.1) is 29.4 Å². The van der Waals surface area contributed by atoms with Crippen molar-refractivity contribution in [1.82, 2.24) is 10.2 Å². The standard InChI is InChI=1S/C21H19F3N4O3S/c22-21(23,24)16-2-1-3-18(14-16)32(29,30)27-17-6-4-15(5-7-17)19-8-9-20(26-25-19)28-10-12-31-13-11-28/h1-9,14,27H,10-13H2. The average Bonchev–Trinajstić information content (AvgIpc) is 2.80. The Morgan fingerprint density at radius 1 is 0.938 bits per heavy atom. The van der Waals surface area contributed by atoms with Crippen LogP contribution in [-0.2, 0) is 20.9 Å². The van der Waals surface area contributed by atoms with E-state index in [2.05, 4.69) is 19.8 Å². The molecule has 168 valence electrons. The lowest BCUT2D eigenvalue weighted by Crippen LogP contribution is -2.36. The van der Waals surface area contributed by atoms with Crippen LogP contribution in [0.25, 0.3) is 11.3 Å². The van der Waals surface area contributed by atoms with Gasteiger partial charge in [0.2, 0.25) is 0 Å². The fraction of sp³-hybridized carbons (Fsp3) is 0.238. The van der Waals surface area contributed by atoms with Crippen LogP contribution in [0.5, 0.6) is 0 Å². The van der Waals surface area contributed by atoms with Crippen LogP contribution < -0.4 is 9.62 Å². The highest BCUT2D eigenvalue weighted by molar-refractivity contribution is 7.92. The van der Waals surface area contributed by atoms with E-state index in [0.717, 1.165) is 37.1 Å². The van der Waals surface area contributed by atoms with Crippen LogP contribution in [0.4, 0.5) is 24.7 Å². The lowest BCUT2D eigenvalue weighted by Gasteiger charge is -2.27. The molecule has 1 N–H and O–H groups in total. The van der Waals surface area contributed by atoms with Crippen molar-refractivity contribution in [2.24, 2.45) is 0 Å². The molecule has 32 heavy (non-hydrogen) atoms. The first-order valence-electron chi connectivity index (χ1n) is 9.69. The molecule has 1 aliphatic rings. The average molecular weight is 464 g/mol. The van der Waals surface area contributed by atoms with Crippen LogP contribution in [0.1, 0.15) is 5.56 Å². The summed E-state index contributed by atoms with van der Waals surface area (Å²) in [7, 11) is -4.19. The minimum absolute atomic E-state index is 0.212. The topological polar surface area (TPSA) is 84.4 Å². The Bertz CT molecular complexity index is 1180. The molecule has 0 unspecified atom stereocenters. The van der Waals surface area contributed by atoms with E-state index < -0.39 is 26.7 Å². The number of alkyl halides is 3. The van der Waals surface area contributed by atoms with E-state index in [1.54, 1.807) is 12.1 Å². The lowest BCUT2D eigenvalue weighted by molar-refractivity contribution is -0.137. The first kappa shape index (κ1) is 22.0. The summed E-state index contributed by atoms with van der Waals surface area (Å²) < 4.78 is 71.3. The van der Waals surface area contributed by atoms with Gasteiger partial charge in [-0.1, -0.05) is 18.2 Å². The Hall–Kier alpha value is -3.18. The van der Waals surface area contributed by atoms with Crippen molar-refractivity contribution < 1.29 is 26.3 Å². The lowest BCUT2D eigenvalue weighted by atomic mass is 10.1. The monoisotopic (exact) mass is 464 g/mol. The second-order valence-corrected chi connectivity index (χ2v) is 8.77. The van der Waals surface area contributed by atoms with Crippen LogP contribution in [0, 0.1) is 0 Å². The van der Waals surface area contributed by atoms with Crippen LogP contribution in [0.3, 0.4) is 0 Å². The van der Waals surface area contributed by atoms with Gasteiger partial charge in [-0.05, 0) is 42.5 Å². The normalized spacial score (nSPS) is 14.9. The molecule has 11 heteroatoms. The molecule has 0 bridgehead atoms. The van der Waals surface area contributed by atoms with Gasteiger partial charge in [-0.2, -0.15) is 13.2 Å². The smallest absolute Gasteiger partial charge is 0.378 e. The van der Waals surface area contributed by atoms with Crippen molar-refractivity contribution in [1.29, 1.82) is 0 Å². The fourth-order valence-corrected chi connectivity index (χ4v) is 4.31. The fourth-order valence-electron chi connectivity index (χ4n) is 3.20. The number of rotatable bonds is 5. The highest BCUT2D eigenvalue weighted by atomic mass is 32.2. The summed E-state index contributed by atoms with van der Waals surface area (Å²) in [6.45, 7) is 2.77. The van der Waals surface area contributed by atoms with Crippen molar-refractivity contribution in [3.8, 4) is 11.3 Å². The molecule has 0 amide bonds. The minimum atomic E-state index is -4.63. The molecular formula is C21H19F3N4O3S. The van der Waals surface area contributed by atoms with E-state index in [1.165, 1.54) is 12.1 Å². The third-order valence-electron chi connectivity index (χ3n) is 4.89. The minimum Gasteiger partial charge on any atom is -0.378 e. The molecule has 0 spiro atoms. The molecule has 3 aromatic rings. The number of halogens is 3. The Balaban J connectivity index is 1.48. The van der Waals surface area contributed by atoms with Gasteiger partial charge in [0.1, 0.15) is 0 Å². The van der Waals surface area contributed by atoms with E-state index >= 15 is 0 Å². The molecule has 0 saturated carbocycles. The zero-order chi connectivity index (χ0) is 22.8. The molecule has 7 nitrogen and oxygen atoms in total. The highest BCUT2D eigenvalue weighted by Gasteiger charge is 2.31. The van der Waals surface area contributed by atoms with Gasteiger partial charge >= 0.3 is 6.18 Å². The van der Waals surface area contributed by atoms with Crippen molar-refractivity contribution >= 4 is 21.5 Å². The van der Waals surface area contributed by atoms with Gasteiger partial charge in [0, 0.05) is 24.3 Å². The number of nitrogens with one attached hydrogen (secondary N) is 1. The maximum absolute atomic E-state index is 12.9. The quantitative estimate of drug-likeness (QED) is 0.619. The number of anilines is 2. The largest absolute Gasteiger partial charge is 0.416 e. The van der Waals surface area contributed by atoms with Gasteiger partial charge in [-0.3, -0.25) is 4.72 Å². The van der Waals surface area contributed by atoms with Gasteiger partial charge in [-0.25, -0.2) is 8.42 Å². The number of morpholine rings is 1. The Morgan fingerprint density at radius 2 is 1.66 bits per heavy atom. The summed E-state index contributed by atoms with van der Waals surface area (Å²) in [4.78, 5) is 1.60. The Kier molecular flexibility index (Phi) is 6.02. The molecule has 0 aliphatic carbocycles. The molecule has 1 aliphatic heterocycles. The molecule has 2 aromatic carbocycles. The molecule has 1 saturated heterocycles. The van der Waals surface area contributed by atoms with Crippen molar-refractivity contribution in [2.75, 3.05) is 35.9 Å². The summed E-state index contributed by atoms with van der Waals surface area (Å²) in [5, 5.41) is 8.48. The maximum atomic E-state index is 12.9. The summed E-state index contributed by atoms with van der Waals surface area (Å²) >= 11 is 0. The molecule has 1 fully saturated rings. The molecule has 4 rings (SSSR count). The number of sulfonamides is 1. The van der Waals surface area contributed by atoms with Gasteiger partial charge in [0.15, 0.2) is 5.82 Å². The maximum Gasteiger partial charge on any atom is 0.416 e. The number of aromatic nitrogens is 2. The predicted octanol–water partition coefficient (Wildman–Crippen LogP) is 3.80. The molecule has 1 aromatic heterocycles. The first-order valence-corrected chi connectivity index (χ1v) is 11.2. The molecule has 2 heterocycles. The van der Waals surface area contributed by atoms with E-state index in [-0.39, 0.29) is 5.69 Å². The van der Waals surface area contributed by atoms with Gasteiger partial charge < -0.3 is 9.64 Å². The zero-order valence-electron chi connectivity index (χ0n) is 16.7. The van der Waals surface area contributed by atoms with Crippen molar-refractivity contribution in [3.05, 3.63) is 66.2 Å². The third kappa shape index (κ3) is 5.00. The van der Waals surface area contributed by atoms with E-state index in [4.69, 9.17) is 4.74 Å².